The number of nitrogens with zero attached hydrogens (tertiary/aromatic N) is 3. The average molecular weight is 405 g/mol. The lowest BCUT2D eigenvalue weighted by Crippen LogP contribution is -2.42. The lowest BCUT2D eigenvalue weighted by atomic mass is 9.91. The van der Waals surface area contributed by atoms with Crippen molar-refractivity contribution >= 4 is 34.3 Å². The number of methoxy groups -OCH3 is 1. The Morgan fingerprint density at radius 2 is 2.17 bits per heavy atom. The summed E-state index contributed by atoms with van der Waals surface area (Å²) < 4.78 is 4.90. The fraction of sp³-hybridized carbons (Fsp3) is 0.333. The van der Waals surface area contributed by atoms with Crippen molar-refractivity contribution in [3.63, 3.8) is 0 Å². The maximum atomic E-state index is 12.4. The number of ether oxygens (including phenoxy) is 1. The third-order valence-corrected chi connectivity index (χ3v) is 5.37. The van der Waals surface area contributed by atoms with Crippen LogP contribution in [0.2, 0.25) is 0 Å². The van der Waals surface area contributed by atoms with E-state index < -0.39 is 5.97 Å². The third-order valence-electron chi connectivity index (χ3n) is 5.37. The van der Waals surface area contributed by atoms with E-state index in [0.29, 0.717) is 11.5 Å². The van der Waals surface area contributed by atoms with Crippen LogP contribution in [0.5, 0.6) is 0 Å². The number of H-pyrrole nitrogens is 1. The molecule has 0 spiro atoms. The zero-order valence-corrected chi connectivity index (χ0v) is 16.6. The van der Waals surface area contributed by atoms with Crippen LogP contribution >= 0.6 is 0 Å². The van der Waals surface area contributed by atoms with Gasteiger partial charge in [-0.3, -0.25) is 0 Å². The maximum absolute atomic E-state index is 12.4. The highest BCUT2D eigenvalue weighted by Gasteiger charge is 2.25. The summed E-state index contributed by atoms with van der Waals surface area (Å²) in [7, 11) is 1.27. The second kappa shape index (κ2) is 8.39. The van der Waals surface area contributed by atoms with Gasteiger partial charge >= 0.3 is 5.97 Å². The monoisotopic (exact) mass is 405 g/mol. The summed E-state index contributed by atoms with van der Waals surface area (Å²) in [5.74, 6) is 0.100. The summed E-state index contributed by atoms with van der Waals surface area (Å²) in [6.07, 6.45) is 5.69. The molecule has 2 atom stereocenters. The van der Waals surface area contributed by atoms with Crippen LogP contribution in [0.4, 0.5) is 17.3 Å². The first kappa shape index (κ1) is 19.7. The number of pyridine rings is 1. The topological polar surface area (TPSA) is 142 Å². The molecule has 1 aromatic carbocycles. The van der Waals surface area contributed by atoms with E-state index in [1.54, 1.807) is 12.4 Å². The van der Waals surface area contributed by atoms with Crippen molar-refractivity contribution in [3.8, 4) is 6.07 Å². The number of benzene rings is 1. The summed E-state index contributed by atoms with van der Waals surface area (Å²) >= 11 is 0. The van der Waals surface area contributed by atoms with Crippen LogP contribution in [-0.4, -0.2) is 40.1 Å². The number of anilines is 3. The molecule has 4 rings (SSSR count). The molecule has 2 heterocycles. The van der Waals surface area contributed by atoms with Crippen molar-refractivity contribution in [2.75, 3.05) is 17.7 Å². The highest BCUT2D eigenvalue weighted by Crippen LogP contribution is 2.28. The van der Waals surface area contributed by atoms with E-state index in [2.05, 4.69) is 31.7 Å². The smallest absolute Gasteiger partial charge is 0.343 e. The van der Waals surface area contributed by atoms with Crippen LogP contribution in [0.1, 0.15) is 41.6 Å². The van der Waals surface area contributed by atoms with Crippen LogP contribution < -0.4 is 16.4 Å². The van der Waals surface area contributed by atoms with Crippen LogP contribution in [0.15, 0.2) is 30.6 Å². The Bertz CT molecular complexity index is 1120. The van der Waals surface area contributed by atoms with Gasteiger partial charge in [0.2, 0.25) is 0 Å². The lowest BCUT2D eigenvalue weighted by molar-refractivity contribution is 0.0601. The molecule has 1 aliphatic rings. The number of nitrogens with one attached hydrogen (secondary N) is 3. The predicted molar refractivity (Wildman–Crippen MR) is 114 cm³/mol. The summed E-state index contributed by atoms with van der Waals surface area (Å²) in [6.45, 7) is 0. The van der Waals surface area contributed by atoms with Crippen LogP contribution in [-0.2, 0) is 4.74 Å². The Hall–Kier alpha value is -3.64. The Balaban J connectivity index is 1.73. The molecule has 0 radical (unpaired) electrons. The molecule has 154 valence electrons. The van der Waals surface area contributed by atoms with Crippen molar-refractivity contribution in [1.82, 2.24) is 15.0 Å². The molecule has 0 bridgehead atoms. The van der Waals surface area contributed by atoms with Crippen molar-refractivity contribution in [3.05, 3.63) is 41.7 Å². The molecular weight excluding hydrogens is 382 g/mol. The molecule has 0 saturated heterocycles. The van der Waals surface area contributed by atoms with E-state index in [4.69, 9.17) is 10.5 Å². The molecule has 1 aliphatic carbocycles. The number of aromatic amines is 1. The zero-order chi connectivity index (χ0) is 21.1. The zero-order valence-electron chi connectivity index (χ0n) is 16.6. The Morgan fingerprint density at radius 1 is 1.33 bits per heavy atom. The largest absolute Gasteiger partial charge is 0.465 e. The Morgan fingerprint density at radius 3 is 2.93 bits per heavy atom. The molecule has 0 unspecified atom stereocenters. The number of hydrogen-bond acceptors (Lipinski definition) is 8. The molecule has 9 nitrogen and oxygen atoms in total. The number of nitrogens with two attached hydrogens (primary N) is 1. The number of rotatable bonds is 5. The van der Waals surface area contributed by atoms with Gasteiger partial charge in [0.15, 0.2) is 0 Å². The van der Waals surface area contributed by atoms with Gasteiger partial charge in [-0.15, -0.1) is 0 Å². The van der Waals surface area contributed by atoms with E-state index in [-0.39, 0.29) is 29.0 Å². The number of imidazole rings is 1. The second-order valence-corrected chi connectivity index (χ2v) is 7.34. The van der Waals surface area contributed by atoms with Crippen molar-refractivity contribution in [2.45, 2.75) is 37.8 Å². The summed E-state index contributed by atoms with van der Waals surface area (Å²) in [5.41, 5.74) is 8.86. The van der Waals surface area contributed by atoms with E-state index in [1.165, 1.54) is 7.11 Å². The molecule has 0 aliphatic heterocycles. The molecule has 0 amide bonds. The van der Waals surface area contributed by atoms with Crippen molar-refractivity contribution < 1.29 is 9.53 Å². The number of carbonyl (C=O) groups excluding carboxylic acids is 1. The summed E-state index contributed by atoms with van der Waals surface area (Å²) in [4.78, 5) is 24.3. The van der Waals surface area contributed by atoms with Gasteiger partial charge in [-0.05, 0) is 37.1 Å². The average Bonchev–Trinajstić information content (AvgIpc) is 3.22. The molecule has 1 saturated carbocycles. The van der Waals surface area contributed by atoms with Crippen LogP contribution in [0.3, 0.4) is 0 Å². The fourth-order valence-electron chi connectivity index (χ4n) is 3.79. The van der Waals surface area contributed by atoms with Crippen LogP contribution in [0, 0.1) is 11.3 Å². The van der Waals surface area contributed by atoms with Crippen molar-refractivity contribution in [2.24, 2.45) is 5.73 Å². The van der Waals surface area contributed by atoms with E-state index in [0.717, 1.165) is 36.7 Å². The molecular formula is C21H23N7O2. The summed E-state index contributed by atoms with van der Waals surface area (Å²) in [5, 5.41) is 16.2. The van der Waals surface area contributed by atoms with Gasteiger partial charge in [0.05, 0.1) is 30.0 Å². The summed E-state index contributed by atoms with van der Waals surface area (Å²) in [6, 6.07) is 9.27. The van der Waals surface area contributed by atoms with Gasteiger partial charge in [-0.25, -0.2) is 14.8 Å². The standard InChI is InChI=1S/C21H23N7O2/c1-30-21(29)19-12(10-22)8-18(27-15-5-3-2-4-14(15)23)28-20(19)26-13-6-7-16-17(9-13)25-11-24-16/h6-9,11,14-15H,2-5,23H2,1H3,(H,24,25)(H2,26,27,28)/t14-,15+/m0/s1. The number of nitriles is 1. The van der Waals surface area contributed by atoms with E-state index in [1.807, 2.05) is 18.2 Å². The Kier molecular flexibility index (Phi) is 5.50. The fourth-order valence-corrected chi connectivity index (χ4v) is 3.79. The molecule has 3 aromatic rings. The normalized spacial score (nSPS) is 18.6. The minimum atomic E-state index is -0.634. The molecule has 30 heavy (non-hydrogen) atoms. The first-order chi connectivity index (χ1) is 14.6. The Labute approximate surface area is 173 Å². The molecule has 2 aromatic heterocycles. The maximum Gasteiger partial charge on any atom is 0.343 e. The first-order valence-corrected chi connectivity index (χ1v) is 9.85. The molecule has 9 heteroatoms. The number of fused-ring (bicyclic) bond motifs is 1. The number of hydrogen-bond donors (Lipinski definition) is 4. The third kappa shape index (κ3) is 3.90. The number of aromatic nitrogens is 3. The highest BCUT2D eigenvalue weighted by molar-refractivity contribution is 5.98. The van der Waals surface area contributed by atoms with Crippen molar-refractivity contribution in [1.29, 1.82) is 5.26 Å². The van der Waals surface area contributed by atoms with E-state index in [9.17, 15) is 10.1 Å². The first-order valence-electron chi connectivity index (χ1n) is 9.85. The predicted octanol–water partition coefficient (Wildman–Crippen LogP) is 3.04. The minimum Gasteiger partial charge on any atom is -0.465 e. The highest BCUT2D eigenvalue weighted by atomic mass is 16.5. The molecule has 5 N–H and O–H groups in total. The lowest BCUT2D eigenvalue weighted by Gasteiger charge is -2.30. The van der Waals surface area contributed by atoms with Crippen LogP contribution in [0.25, 0.3) is 11.0 Å². The van der Waals surface area contributed by atoms with Gasteiger partial charge in [0, 0.05) is 17.8 Å². The SMILES string of the molecule is COC(=O)c1c(C#N)cc(N[C@@H]2CCCC[C@@H]2N)nc1Nc1ccc2nc[nH]c2c1. The van der Waals surface area contributed by atoms with E-state index >= 15 is 0 Å². The van der Waals surface area contributed by atoms with Gasteiger partial charge in [0.25, 0.3) is 0 Å². The van der Waals surface area contributed by atoms with Gasteiger partial charge in [-0.2, -0.15) is 5.26 Å². The number of carbonyl (C=O) groups is 1. The quantitative estimate of drug-likeness (QED) is 0.475. The number of esters is 1. The van der Waals surface area contributed by atoms with Gasteiger partial charge in [-0.1, -0.05) is 12.8 Å². The second-order valence-electron chi connectivity index (χ2n) is 7.34. The minimum absolute atomic E-state index is 0.0190. The van der Waals surface area contributed by atoms with Gasteiger partial charge < -0.3 is 26.1 Å². The molecule has 1 fully saturated rings. The van der Waals surface area contributed by atoms with Gasteiger partial charge in [0.1, 0.15) is 23.3 Å².